The van der Waals surface area contributed by atoms with Gasteiger partial charge in [-0.05, 0) is 99.5 Å². The average Bonchev–Trinajstić information content (AvgIpc) is 3.46. The standard InChI is InChI=1S/C24H30N2O5S/c1-14-15-7-5-9-17(15)22(18-10-6-8-16(14)18)25-23(27)26-32(29,30)21-13-19-20(31-21)11-3-4-12-24(19,2)28/h13,28H,3-12H2,1-2H3,(H2,25,26,27). The molecular weight excluding hydrogens is 428 g/mol. The number of urea groups is 1. The molecular formula is C24H30N2O5S. The average molecular weight is 459 g/mol. The smallest absolute Gasteiger partial charge is 0.333 e. The van der Waals surface area contributed by atoms with Crippen molar-refractivity contribution < 1.29 is 22.7 Å². The Bertz CT molecular complexity index is 1170. The van der Waals surface area contributed by atoms with E-state index in [-0.39, 0.29) is 5.09 Å². The maximum Gasteiger partial charge on any atom is 0.333 e. The zero-order valence-corrected chi connectivity index (χ0v) is 19.5. The third kappa shape index (κ3) is 3.53. The Morgan fingerprint density at radius 2 is 1.62 bits per heavy atom. The number of sulfonamides is 1. The molecule has 0 radical (unpaired) electrons. The first-order valence-electron chi connectivity index (χ1n) is 11.5. The van der Waals surface area contributed by atoms with E-state index in [1.807, 2.05) is 0 Å². The SMILES string of the molecule is Cc1c2c(c(NC(=O)NS(=O)(=O)c3cc4c(o3)CCCCC4(C)O)c3c1CCC3)CCC2. The van der Waals surface area contributed by atoms with Crippen molar-refractivity contribution in [3.8, 4) is 0 Å². The first kappa shape index (κ1) is 21.5. The van der Waals surface area contributed by atoms with Crippen LogP contribution >= 0.6 is 0 Å². The van der Waals surface area contributed by atoms with E-state index in [0.29, 0.717) is 24.2 Å². The Hall–Kier alpha value is -2.32. The zero-order valence-electron chi connectivity index (χ0n) is 18.6. The molecule has 0 spiro atoms. The summed E-state index contributed by atoms with van der Waals surface area (Å²) in [5.74, 6) is 0.474. The summed E-state index contributed by atoms with van der Waals surface area (Å²) in [6.07, 6.45) is 8.64. The van der Waals surface area contributed by atoms with Crippen LogP contribution in [-0.4, -0.2) is 19.6 Å². The molecule has 3 aliphatic carbocycles. The van der Waals surface area contributed by atoms with Gasteiger partial charge in [0, 0.05) is 23.7 Å². The largest absolute Gasteiger partial charge is 0.447 e. The summed E-state index contributed by atoms with van der Waals surface area (Å²) >= 11 is 0. The van der Waals surface area contributed by atoms with Crippen LogP contribution in [0.2, 0.25) is 0 Å². The summed E-state index contributed by atoms with van der Waals surface area (Å²) in [6, 6.07) is 0.577. The van der Waals surface area contributed by atoms with Gasteiger partial charge in [-0.25, -0.2) is 9.52 Å². The molecule has 1 aromatic carbocycles. The van der Waals surface area contributed by atoms with Crippen LogP contribution in [0.25, 0.3) is 0 Å². The number of fused-ring (bicyclic) bond motifs is 3. The minimum atomic E-state index is -4.21. The molecule has 2 amide bonds. The number of benzene rings is 1. The van der Waals surface area contributed by atoms with Gasteiger partial charge in [-0.1, -0.05) is 0 Å². The van der Waals surface area contributed by atoms with Crippen molar-refractivity contribution in [2.45, 2.75) is 88.7 Å². The number of furan rings is 1. The van der Waals surface area contributed by atoms with Gasteiger partial charge < -0.3 is 14.8 Å². The molecule has 1 atom stereocenters. The molecule has 2 aromatic rings. The van der Waals surface area contributed by atoms with Gasteiger partial charge in [0.05, 0.1) is 5.60 Å². The van der Waals surface area contributed by atoms with Crippen molar-refractivity contribution >= 4 is 21.7 Å². The Morgan fingerprint density at radius 3 is 2.28 bits per heavy atom. The summed E-state index contributed by atoms with van der Waals surface area (Å²) in [4.78, 5) is 12.8. The van der Waals surface area contributed by atoms with Crippen molar-refractivity contribution in [3.05, 3.63) is 45.2 Å². The number of amides is 2. The molecule has 1 unspecified atom stereocenters. The van der Waals surface area contributed by atoms with Crippen molar-refractivity contribution in [1.82, 2.24) is 4.72 Å². The monoisotopic (exact) mass is 458 g/mol. The second kappa shape index (κ2) is 7.63. The molecule has 0 bridgehead atoms. The number of anilines is 1. The minimum Gasteiger partial charge on any atom is -0.447 e. The van der Waals surface area contributed by atoms with Crippen molar-refractivity contribution in [1.29, 1.82) is 0 Å². The van der Waals surface area contributed by atoms with E-state index in [1.165, 1.54) is 22.8 Å². The lowest BCUT2D eigenvalue weighted by Crippen LogP contribution is -2.35. The fourth-order valence-corrected chi connectivity index (χ4v) is 6.64. The molecule has 0 saturated heterocycles. The van der Waals surface area contributed by atoms with Gasteiger partial charge in [0.2, 0.25) is 5.09 Å². The molecule has 0 saturated carbocycles. The number of rotatable bonds is 3. The second-order valence-electron chi connectivity index (χ2n) is 9.56. The predicted molar refractivity (Wildman–Crippen MR) is 120 cm³/mol. The van der Waals surface area contributed by atoms with Crippen LogP contribution in [0, 0.1) is 6.92 Å². The lowest BCUT2D eigenvalue weighted by Gasteiger charge is -2.20. The maximum atomic E-state index is 12.9. The lowest BCUT2D eigenvalue weighted by molar-refractivity contribution is 0.0468. The lowest BCUT2D eigenvalue weighted by atomic mass is 9.93. The fraction of sp³-hybridized carbons (Fsp3) is 0.542. The fourth-order valence-electron chi connectivity index (χ4n) is 5.76. The second-order valence-corrected chi connectivity index (χ2v) is 11.2. The highest BCUT2D eigenvalue weighted by molar-refractivity contribution is 7.89. The number of aliphatic hydroxyl groups is 1. The van der Waals surface area contributed by atoms with E-state index in [4.69, 9.17) is 4.42 Å². The first-order valence-corrected chi connectivity index (χ1v) is 13.0. The van der Waals surface area contributed by atoms with Gasteiger partial charge in [0.25, 0.3) is 10.0 Å². The van der Waals surface area contributed by atoms with Crippen LogP contribution in [-0.2, 0) is 47.7 Å². The number of hydrogen-bond acceptors (Lipinski definition) is 5. The Kier molecular flexibility index (Phi) is 5.13. The number of hydrogen-bond donors (Lipinski definition) is 3. The van der Waals surface area contributed by atoms with Gasteiger partial charge in [0.1, 0.15) is 5.76 Å². The van der Waals surface area contributed by atoms with Crippen LogP contribution in [0.4, 0.5) is 10.5 Å². The van der Waals surface area contributed by atoms with Crippen LogP contribution < -0.4 is 10.0 Å². The van der Waals surface area contributed by atoms with Crippen LogP contribution in [0.5, 0.6) is 0 Å². The van der Waals surface area contributed by atoms with E-state index in [1.54, 1.807) is 6.92 Å². The molecule has 172 valence electrons. The summed E-state index contributed by atoms with van der Waals surface area (Å²) in [7, 11) is -4.21. The first-order chi connectivity index (χ1) is 15.2. The minimum absolute atomic E-state index is 0.334. The molecule has 3 N–H and O–H groups in total. The van der Waals surface area contributed by atoms with Crippen LogP contribution in [0.3, 0.4) is 0 Å². The van der Waals surface area contributed by atoms with E-state index in [0.717, 1.165) is 68.2 Å². The molecule has 1 heterocycles. The number of carbonyl (C=O) groups is 1. The highest BCUT2D eigenvalue weighted by Crippen LogP contribution is 2.41. The number of carbonyl (C=O) groups excluding carboxylic acids is 1. The van der Waals surface area contributed by atoms with Gasteiger partial charge in [-0.3, -0.25) is 0 Å². The summed E-state index contributed by atoms with van der Waals surface area (Å²) in [5, 5.41) is 13.2. The van der Waals surface area contributed by atoms with E-state index in [2.05, 4.69) is 17.0 Å². The quantitative estimate of drug-likeness (QED) is 0.602. The Labute approximate surface area is 188 Å². The van der Waals surface area contributed by atoms with Crippen molar-refractivity contribution in [3.63, 3.8) is 0 Å². The molecule has 7 nitrogen and oxygen atoms in total. The highest BCUT2D eigenvalue weighted by Gasteiger charge is 2.35. The topological polar surface area (TPSA) is 109 Å². The number of nitrogens with one attached hydrogen (secondary N) is 2. The Morgan fingerprint density at radius 1 is 1.00 bits per heavy atom. The molecule has 1 aromatic heterocycles. The molecule has 32 heavy (non-hydrogen) atoms. The van der Waals surface area contributed by atoms with Gasteiger partial charge in [-0.2, -0.15) is 8.42 Å². The highest BCUT2D eigenvalue weighted by atomic mass is 32.2. The van der Waals surface area contributed by atoms with Gasteiger partial charge in [-0.15, -0.1) is 0 Å². The summed E-state index contributed by atoms with van der Waals surface area (Å²) < 4.78 is 33.6. The summed E-state index contributed by atoms with van der Waals surface area (Å²) in [5.41, 5.74) is 6.39. The molecule has 5 rings (SSSR count). The van der Waals surface area contributed by atoms with Gasteiger partial charge >= 0.3 is 6.03 Å². The third-order valence-electron chi connectivity index (χ3n) is 7.36. The van der Waals surface area contributed by atoms with Crippen molar-refractivity contribution in [2.75, 3.05) is 5.32 Å². The van der Waals surface area contributed by atoms with E-state index >= 15 is 0 Å². The molecule has 0 aliphatic heterocycles. The third-order valence-corrected chi connectivity index (χ3v) is 8.54. The van der Waals surface area contributed by atoms with E-state index in [9.17, 15) is 18.3 Å². The van der Waals surface area contributed by atoms with E-state index < -0.39 is 21.7 Å². The Balaban J connectivity index is 1.41. The molecule has 3 aliphatic rings. The van der Waals surface area contributed by atoms with Crippen LogP contribution in [0.15, 0.2) is 15.6 Å². The normalized spacial score (nSPS) is 22.1. The zero-order chi connectivity index (χ0) is 22.7. The van der Waals surface area contributed by atoms with Crippen molar-refractivity contribution in [2.24, 2.45) is 0 Å². The predicted octanol–water partition coefficient (Wildman–Crippen LogP) is 4.01. The number of aryl methyl sites for hydroxylation is 1. The molecule has 8 heteroatoms. The molecule has 0 fully saturated rings. The maximum absolute atomic E-state index is 12.9. The van der Waals surface area contributed by atoms with Crippen LogP contribution in [0.1, 0.15) is 78.2 Å². The van der Waals surface area contributed by atoms with Gasteiger partial charge in [0.15, 0.2) is 0 Å². The summed E-state index contributed by atoms with van der Waals surface area (Å²) in [6.45, 7) is 3.83.